The second-order valence-electron chi connectivity index (χ2n) is 6.46. The number of methoxy groups -OCH3 is 1. The minimum absolute atomic E-state index is 0.303. The normalized spacial score (nSPS) is 37.3. The predicted molar refractivity (Wildman–Crippen MR) is 66.4 cm³/mol. The number of ketones is 1. The van der Waals surface area contributed by atoms with Crippen LogP contribution in [0.2, 0.25) is 0 Å². The molecule has 2 saturated heterocycles. The van der Waals surface area contributed by atoms with E-state index in [1.807, 2.05) is 20.8 Å². The van der Waals surface area contributed by atoms with Gasteiger partial charge in [0.2, 0.25) is 16.9 Å². The Morgan fingerprint density at radius 3 is 2.45 bits per heavy atom. The first kappa shape index (κ1) is 14.9. The molecule has 0 aromatic rings. The maximum absolute atomic E-state index is 12.4. The maximum atomic E-state index is 12.4. The third-order valence-electron chi connectivity index (χ3n) is 3.81. The molecular formula is C13H19NO6. The van der Waals surface area contributed by atoms with Gasteiger partial charge in [-0.05, 0) is 6.92 Å². The molecule has 1 N–H and O–H groups in total. The highest BCUT2D eigenvalue weighted by Crippen LogP contribution is 2.45. The summed E-state index contributed by atoms with van der Waals surface area (Å²) < 4.78 is 10.2. The van der Waals surface area contributed by atoms with Crippen LogP contribution in [0.1, 0.15) is 27.7 Å². The molecule has 0 bridgehead atoms. The topological polar surface area (TPSA) is 93.1 Å². The molecule has 0 spiro atoms. The summed E-state index contributed by atoms with van der Waals surface area (Å²) in [4.78, 5) is 37.9. The Balaban J connectivity index is 2.61. The van der Waals surface area contributed by atoms with Crippen LogP contribution in [0.25, 0.3) is 0 Å². The molecule has 3 atom stereocenters. The second kappa shape index (κ2) is 4.02. The van der Waals surface area contributed by atoms with Crippen LogP contribution in [0, 0.1) is 5.41 Å². The van der Waals surface area contributed by atoms with Gasteiger partial charge in [0.15, 0.2) is 0 Å². The van der Waals surface area contributed by atoms with Crippen LogP contribution in [0.5, 0.6) is 0 Å². The summed E-state index contributed by atoms with van der Waals surface area (Å²) in [5, 5.41) is 10.1. The molecule has 0 radical (unpaired) electrons. The van der Waals surface area contributed by atoms with Crippen LogP contribution in [0.3, 0.4) is 0 Å². The van der Waals surface area contributed by atoms with E-state index in [-0.39, 0.29) is 6.61 Å². The third-order valence-corrected chi connectivity index (χ3v) is 3.81. The lowest BCUT2D eigenvalue weighted by Crippen LogP contribution is -2.58. The number of esters is 1. The Morgan fingerprint density at radius 2 is 2.00 bits per heavy atom. The quantitative estimate of drug-likeness (QED) is 0.514. The van der Waals surface area contributed by atoms with Gasteiger partial charge in [0, 0.05) is 5.41 Å². The number of nitrogens with zero attached hydrogens (tertiary/aromatic N) is 1. The summed E-state index contributed by atoms with van der Waals surface area (Å²) in [5.74, 6) is -2.61. The fourth-order valence-corrected chi connectivity index (χ4v) is 2.79. The van der Waals surface area contributed by atoms with Gasteiger partial charge in [-0.2, -0.15) is 0 Å². The summed E-state index contributed by atoms with van der Waals surface area (Å²) in [5.41, 5.74) is -4.64. The largest absolute Gasteiger partial charge is 0.467 e. The van der Waals surface area contributed by atoms with E-state index in [2.05, 4.69) is 4.74 Å². The molecule has 2 aliphatic heterocycles. The standard InChI is InChI=1S/C13H19NO6/c1-11(2,3)9-14-8(16)12(4,18)7(15)13(14,6-20-9)10(17)19-5/h9,18H,6H2,1-5H3/t9-,12+,13-/m1/s1. The van der Waals surface area contributed by atoms with Crippen molar-refractivity contribution in [2.75, 3.05) is 13.7 Å². The minimum Gasteiger partial charge on any atom is -0.467 e. The lowest BCUT2D eigenvalue weighted by atomic mass is 9.89. The predicted octanol–water partition coefficient (Wildman–Crippen LogP) is -0.537. The van der Waals surface area contributed by atoms with Crippen molar-refractivity contribution >= 4 is 17.7 Å². The zero-order valence-electron chi connectivity index (χ0n) is 12.2. The van der Waals surface area contributed by atoms with E-state index in [4.69, 9.17) is 4.74 Å². The van der Waals surface area contributed by atoms with E-state index in [0.717, 1.165) is 18.9 Å². The first-order valence-corrected chi connectivity index (χ1v) is 6.32. The third kappa shape index (κ3) is 1.56. The van der Waals surface area contributed by atoms with Gasteiger partial charge in [-0.25, -0.2) is 4.79 Å². The van der Waals surface area contributed by atoms with E-state index in [1.165, 1.54) is 0 Å². The van der Waals surface area contributed by atoms with Gasteiger partial charge in [0.05, 0.1) is 13.7 Å². The maximum Gasteiger partial charge on any atom is 0.342 e. The molecule has 112 valence electrons. The highest BCUT2D eigenvalue weighted by molar-refractivity contribution is 6.27. The number of fused-ring (bicyclic) bond motifs is 1. The molecule has 7 heteroatoms. The average molecular weight is 285 g/mol. The molecular weight excluding hydrogens is 266 g/mol. The number of aliphatic hydroxyl groups is 1. The van der Waals surface area contributed by atoms with Gasteiger partial charge in [-0.3, -0.25) is 14.5 Å². The molecule has 20 heavy (non-hydrogen) atoms. The Hall–Kier alpha value is -1.47. The van der Waals surface area contributed by atoms with E-state index >= 15 is 0 Å². The monoisotopic (exact) mass is 285 g/mol. The van der Waals surface area contributed by atoms with Gasteiger partial charge in [0.1, 0.15) is 6.23 Å². The van der Waals surface area contributed by atoms with Crippen molar-refractivity contribution in [1.82, 2.24) is 4.90 Å². The van der Waals surface area contributed by atoms with Crippen molar-refractivity contribution in [3.8, 4) is 0 Å². The van der Waals surface area contributed by atoms with Crippen LogP contribution in [0.15, 0.2) is 0 Å². The van der Waals surface area contributed by atoms with Gasteiger partial charge in [0.25, 0.3) is 5.91 Å². The Labute approximate surface area is 116 Å². The van der Waals surface area contributed by atoms with Crippen molar-refractivity contribution in [2.45, 2.75) is 45.1 Å². The Morgan fingerprint density at radius 1 is 1.45 bits per heavy atom. The molecule has 0 aromatic carbocycles. The lowest BCUT2D eigenvalue weighted by molar-refractivity contribution is -0.160. The first-order valence-electron chi connectivity index (χ1n) is 6.32. The van der Waals surface area contributed by atoms with E-state index in [0.29, 0.717) is 0 Å². The molecule has 7 nitrogen and oxygen atoms in total. The molecule has 0 aliphatic carbocycles. The number of ether oxygens (including phenoxy) is 2. The number of amides is 1. The number of hydrogen-bond donors (Lipinski definition) is 1. The van der Waals surface area contributed by atoms with Gasteiger partial charge >= 0.3 is 5.97 Å². The molecule has 2 fully saturated rings. The zero-order valence-corrected chi connectivity index (χ0v) is 12.2. The molecule has 0 unspecified atom stereocenters. The van der Waals surface area contributed by atoms with Crippen molar-refractivity contribution < 1.29 is 29.0 Å². The second-order valence-corrected chi connectivity index (χ2v) is 6.46. The Bertz CT molecular complexity index is 492. The molecule has 1 amide bonds. The van der Waals surface area contributed by atoms with Crippen LogP contribution in [-0.2, 0) is 23.9 Å². The van der Waals surface area contributed by atoms with Gasteiger partial charge in [-0.15, -0.1) is 0 Å². The average Bonchev–Trinajstić information content (AvgIpc) is 2.81. The van der Waals surface area contributed by atoms with Crippen molar-refractivity contribution in [1.29, 1.82) is 0 Å². The summed E-state index contributed by atoms with van der Waals surface area (Å²) >= 11 is 0. The summed E-state index contributed by atoms with van der Waals surface area (Å²) in [7, 11) is 1.13. The van der Waals surface area contributed by atoms with Crippen LogP contribution in [-0.4, -0.2) is 58.8 Å². The molecule has 0 aromatic heterocycles. The molecule has 0 saturated carbocycles. The van der Waals surface area contributed by atoms with Crippen LogP contribution < -0.4 is 0 Å². The van der Waals surface area contributed by atoms with Crippen molar-refractivity contribution in [3.05, 3.63) is 0 Å². The molecule has 2 heterocycles. The highest BCUT2D eigenvalue weighted by Gasteiger charge is 2.74. The highest BCUT2D eigenvalue weighted by atomic mass is 16.6. The number of Topliss-reactive ketones (excluding diaryl/α,β-unsaturated/α-hetero) is 1. The van der Waals surface area contributed by atoms with Crippen LogP contribution >= 0.6 is 0 Å². The fraction of sp³-hybridized carbons (Fsp3) is 0.769. The fourth-order valence-electron chi connectivity index (χ4n) is 2.79. The number of carbonyl (C=O) groups excluding carboxylic acids is 3. The number of hydrogen-bond acceptors (Lipinski definition) is 6. The molecule has 2 rings (SSSR count). The van der Waals surface area contributed by atoms with Gasteiger partial charge in [-0.1, -0.05) is 20.8 Å². The smallest absolute Gasteiger partial charge is 0.342 e. The summed E-state index contributed by atoms with van der Waals surface area (Å²) in [6.45, 7) is 6.24. The Kier molecular flexibility index (Phi) is 3.00. The SMILES string of the molecule is COC(=O)[C@]12CO[C@H](C(C)(C)C)N1C(=O)[C@@](C)(O)C2=O. The minimum atomic E-state index is -2.23. The van der Waals surface area contributed by atoms with Crippen molar-refractivity contribution in [2.24, 2.45) is 5.41 Å². The van der Waals surface area contributed by atoms with E-state index in [9.17, 15) is 19.5 Å². The van der Waals surface area contributed by atoms with E-state index < -0.39 is 40.4 Å². The van der Waals surface area contributed by atoms with E-state index in [1.54, 1.807) is 0 Å². The lowest BCUT2D eigenvalue weighted by Gasteiger charge is -2.35. The van der Waals surface area contributed by atoms with Crippen LogP contribution in [0.4, 0.5) is 0 Å². The van der Waals surface area contributed by atoms with Gasteiger partial charge < -0.3 is 14.6 Å². The zero-order chi connectivity index (χ0) is 15.5. The van der Waals surface area contributed by atoms with Crippen molar-refractivity contribution in [3.63, 3.8) is 0 Å². The number of carbonyl (C=O) groups is 3. The first-order chi connectivity index (χ1) is 9.01. The molecule has 2 aliphatic rings. The number of rotatable bonds is 1. The summed E-state index contributed by atoms with van der Waals surface area (Å²) in [6.07, 6.45) is -0.785. The summed E-state index contributed by atoms with van der Waals surface area (Å²) in [6, 6.07) is 0.